The Morgan fingerprint density at radius 2 is 1.94 bits per heavy atom. The highest BCUT2D eigenvalue weighted by Crippen LogP contribution is 2.30. The predicted molar refractivity (Wildman–Crippen MR) is 130 cm³/mol. The molecule has 0 saturated heterocycles. The lowest BCUT2D eigenvalue weighted by atomic mass is 10.0. The molecule has 8 heteroatoms. The molecule has 0 aliphatic rings. The molecule has 0 spiro atoms. The molecule has 1 amide bonds. The molecule has 0 aliphatic carbocycles. The summed E-state index contributed by atoms with van der Waals surface area (Å²) in [5.41, 5.74) is 0.235. The molecule has 5 rings (SSSR count). The van der Waals surface area contributed by atoms with Gasteiger partial charge in [-0.2, -0.15) is 4.99 Å². The summed E-state index contributed by atoms with van der Waals surface area (Å²) in [5, 5.41) is 3.45. The molecule has 0 atom stereocenters. The summed E-state index contributed by atoms with van der Waals surface area (Å²) < 4.78 is 7.97. The second-order valence-electron chi connectivity index (χ2n) is 7.08. The van der Waals surface area contributed by atoms with Gasteiger partial charge in [-0.3, -0.25) is 4.79 Å². The Balaban J connectivity index is 1.73. The predicted octanol–water partition coefficient (Wildman–Crippen LogP) is 6.20. The van der Waals surface area contributed by atoms with Crippen molar-refractivity contribution in [1.82, 2.24) is 4.57 Å². The standard InChI is InChI=1S/C24H14Cl2N2O3S/c1-2-9-28-21-18(26)10-14(25)11-20(21)32-24(28)27-22(29)17-12-16-15-6-4-3-5-13(15)7-8-19(16)31-23(17)30/h2-8,10-12H,1,9H2. The first-order valence-electron chi connectivity index (χ1n) is 9.60. The SMILES string of the molecule is C=CCn1c(=NC(=O)c2cc3c(ccc4ccccc43)oc2=O)sc2cc(Cl)cc(Cl)c21. The fourth-order valence-corrected chi connectivity index (χ4v) is 5.50. The fraction of sp³-hybridized carbons (Fsp3) is 0.0417. The van der Waals surface area contributed by atoms with Crippen molar-refractivity contribution in [3.8, 4) is 0 Å². The zero-order chi connectivity index (χ0) is 22.4. The van der Waals surface area contributed by atoms with E-state index in [1.54, 1.807) is 34.9 Å². The van der Waals surface area contributed by atoms with Crippen LogP contribution in [-0.4, -0.2) is 10.5 Å². The number of benzene rings is 3. The Morgan fingerprint density at radius 1 is 1.12 bits per heavy atom. The van der Waals surface area contributed by atoms with Crippen LogP contribution in [0.15, 0.2) is 81.5 Å². The summed E-state index contributed by atoms with van der Waals surface area (Å²) in [6.45, 7) is 4.15. The van der Waals surface area contributed by atoms with Crippen LogP contribution >= 0.6 is 34.5 Å². The number of carbonyl (C=O) groups is 1. The molecule has 0 fully saturated rings. The fourth-order valence-electron chi connectivity index (χ4n) is 3.68. The molecule has 32 heavy (non-hydrogen) atoms. The van der Waals surface area contributed by atoms with E-state index < -0.39 is 11.5 Å². The van der Waals surface area contributed by atoms with E-state index in [9.17, 15) is 9.59 Å². The van der Waals surface area contributed by atoms with Crippen LogP contribution in [0, 0.1) is 0 Å². The van der Waals surface area contributed by atoms with Crippen LogP contribution in [0.1, 0.15) is 10.4 Å². The third-order valence-corrected chi connectivity index (χ3v) is 6.61. The Bertz CT molecular complexity index is 1700. The number of hydrogen-bond acceptors (Lipinski definition) is 4. The zero-order valence-electron chi connectivity index (χ0n) is 16.5. The highest BCUT2D eigenvalue weighted by atomic mass is 35.5. The number of thiazole rings is 1. The minimum absolute atomic E-state index is 0.138. The average Bonchev–Trinajstić information content (AvgIpc) is 3.10. The number of nitrogens with zero attached hydrogens (tertiary/aromatic N) is 2. The van der Waals surface area contributed by atoms with Gasteiger partial charge in [0, 0.05) is 17.0 Å². The molecule has 3 aromatic carbocycles. The quantitative estimate of drug-likeness (QED) is 0.175. The Hall–Kier alpha value is -3.19. The number of rotatable bonds is 3. The zero-order valence-corrected chi connectivity index (χ0v) is 18.8. The van der Waals surface area contributed by atoms with Crippen molar-refractivity contribution in [2.75, 3.05) is 0 Å². The van der Waals surface area contributed by atoms with Crippen LogP contribution in [0.5, 0.6) is 0 Å². The molecule has 0 radical (unpaired) electrons. The molecule has 0 unspecified atom stereocenters. The van der Waals surface area contributed by atoms with Crippen LogP contribution in [0.25, 0.3) is 32.0 Å². The summed E-state index contributed by atoms with van der Waals surface area (Å²) in [5.74, 6) is -0.694. The Kier molecular flexibility index (Phi) is 5.21. The summed E-state index contributed by atoms with van der Waals surface area (Å²) in [6, 6.07) is 16.2. The topological polar surface area (TPSA) is 64.6 Å². The smallest absolute Gasteiger partial charge is 0.349 e. The van der Waals surface area contributed by atoms with E-state index in [-0.39, 0.29) is 5.56 Å². The first-order chi connectivity index (χ1) is 15.5. The minimum Gasteiger partial charge on any atom is -0.422 e. The van der Waals surface area contributed by atoms with Gasteiger partial charge in [-0.1, -0.05) is 70.9 Å². The molecule has 0 aliphatic heterocycles. The molecule has 0 saturated carbocycles. The molecular weight excluding hydrogens is 467 g/mol. The van der Waals surface area contributed by atoms with Gasteiger partial charge in [0.1, 0.15) is 11.1 Å². The number of amides is 1. The average molecular weight is 481 g/mol. The largest absolute Gasteiger partial charge is 0.422 e. The van der Waals surface area contributed by atoms with Gasteiger partial charge >= 0.3 is 5.63 Å². The summed E-state index contributed by atoms with van der Waals surface area (Å²) in [7, 11) is 0. The van der Waals surface area contributed by atoms with Crippen molar-refractivity contribution >= 4 is 72.4 Å². The lowest BCUT2D eigenvalue weighted by Gasteiger charge is -2.04. The number of fused-ring (bicyclic) bond motifs is 4. The van der Waals surface area contributed by atoms with Crippen molar-refractivity contribution in [3.05, 3.63) is 98.1 Å². The maximum absolute atomic E-state index is 13.1. The molecule has 0 bridgehead atoms. The van der Waals surface area contributed by atoms with Gasteiger partial charge in [-0.15, -0.1) is 6.58 Å². The van der Waals surface area contributed by atoms with E-state index in [1.165, 1.54) is 11.3 Å². The van der Waals surface area contributed by atoms with Crippen molar-refractivity contribution in [1.29, 1.82) is 0 Å². The maximum Gasteiger partial charge on any atom is 0.349 e. The number of carbonyl (C=O) groups excluding carboxylic acids is 1. The van der Waals surface area contributed by atoms with Crippen molar-refractivity contribution in [2.45, 2.75) is 6.54 Å². The van der Waals surface area contributed by atoms with E-state index in [1.807, 2.05) is 30.3 Å². The summed E-state index contributed by atoms with van der Waals surface area (Å²) >= 11 is 13.8. The van der Waals surface area contributed by atoms with Crippen molar-refractivity contribution in [2.24, 2.45) is 4.99 Å². The van der Waals surface area contributed by atoms with Gasteiger partial charge < -0.3 is 8.98 Å². The second kappa shape index (κ2) is 8.06. The Morgan fingerprint density at radius 3 is 2.75 bits per heavy atom. The van der Waals surface area contributed by atoms with E-state index in [0.717, 1.165) is 15.5 Å². The number of allylic oxidation sites excluding steroid dienone is 1. The molecule has 2 heterocycles. The van der Waals surface area contributed by atoms with Crippen LogP contribution in [0.4, 0.5) is 0 Å². The number of aromatic nitrogens is 1. The van der Waals surface area contributed by atoms with Crippen LogP contribution < -0.4 is 10.4 Å². The normalized spacial score (nSPS) is 12.1. The number of halogens is 2. The molecule has 0 N–H and O–H groups in total. The number of hydrogen-bond donors (Lipinski definition) is 0. The molecule has 158 valence electrons. The summed E-state index contributed by atoms with van der Waals surface area (Å²) in [4.78, 5) is 30.3. The molecule has 2 aromatic heterocycles. The van der Waals surface area contributed by atoms with E-state index in [4.69, 9.17) is 27.6 Å². The maximum atomic E-state index is 13.1. The first kappa shape index (κ1) is 20.7. The van der Waals surface area contributed by atoms with Gasteiger partial charge in [0.2, 0.25) is 0 Å². The van der Waals surface area contributed by atoms with Crippen LogP contribution in [-0.2, 0) is 6.54 Å². The van der Waals surface area contributed by atoms with Gasteiger partial charge in [0.15, 0.2) is 4.80 Å². The lowest BCUT2D eigenvalue weighted by Crippen LogP contribution is -2.19. The highest BCUT2D eigenvalue weighted by molar-refractivity contribution is 7.16. The van der Waals surface area contributed by atoms with E-state index in [0.29, 0.717) is 37.9 Å². The monoisotopic (exact) mass is 480 g/mol. The summed E-state index contributed by atoms with van der Waals surface area (Å²) in [6.07, 6.45) is 1.68. The van der Waals surface area contributed by atoms with E-state index in [2.05, 4.69) is 11.6 Å². The van der Waals surface area contributed by atoms with Crippen LogP contribution in [0.3, 0.4) is 0 Å². The first-order valence-corrected chi connectivity index (χ1v) is 11.2. The van der Waals surface area contributed by atoms with E-state index >= 15 is 0 Å². The molecular formula is C24H14Cl2N2O3S. The highest BCUT2D eigenvalue weighted by Gasteiger charge is 2.17. The molecule has 5 aromatic rings. The third kappa shape index (κ3) is 3.46. The van der Waals surface area contributed by atoms with Crippen LogP contribution in [0.2, 0.25) is 10.0 Å². The molecule has 5 nitrogen and oxygen atoms in total. The van der Waals surface area contributed by atoms with Crippen molar-refractivity contribution < 1.29 is 9.21 Å². The van der Waals surface area contributed by atoms with Gasteiger partial charge in [0.25, 0.3) is 5.91 Å². The second-order valence-corrected chi connectivity index (χ2v) is 8.93. The van der Waals surface area contributed by atoms with Crippen molar-refractivity contribution in [3.63, 3.8) is 0 Å². The lowest BCUT2D eigenvalue weighted by molar-refractivity contribution is 0.0994. The Labute approximate surface area is 195 Å². The van der Waals surface area contributed by atoms with Gasteiger partial charge in [-0.05, 0) is 35.0 Å². The minimum atomic E-state index is -0.737. The van der Waals surface area contributed by atoms with Gasteiger partial charge in [0.05, 0.1) is 15.2 Å². The van der Waals surface area contributed by atoms with Gasteiger partial charge in [-0.25, -0.2) is 4.79 Å². The third-order valence-electron chi connectivity index (χ3n) is 5.08.